The molecule has 3 rings (SSSR count). The van der Waals surface area contributed by atoms with Crippen molar-refractivity contribution >= 4 is 5.78 Å². The molecule has 0 heterocycles. The fourth-order valence-corrected chi connectivity index (χ4v) is 3.61. The van der Waals surface area contributed by atoms with Crippen molar-refractivity contribution in [3.8, 4) is 0 Å². The van der Waals surface area contributed by atoms with Crippen LogP contribution in [-0.2, 0) is 4.79 Å². The summed E-state index contributed by atoms with van der Waals surface area (Å²) in [7, 11) is 0. The maximum Gasteiger partial charge on any atom is 0.171 e. The highest BCUT2D eigenvalue weighted by atomic mass is 16.3. The van der Waals surface area contributed by atoms with E-state index in [1.165, 1.54) is 12.8 Å². The van der Waals surface area contributed by atoms with Gasteiger partial charge in [0.15, 0.2) is 5.78 Å². The van der Waals surface area contributed by atoms with Gasteiger partial charge in [0.25, 0.3) is 0 Å². The van der Waals surface area contributed by atoms with Gasteiger partial charge in [-0.1, -0.05) is 30.3 Å². The molecule has 1 N–H and O–H groups in total. The molecule has 1 aromatic carbocycles. The van der Waals surface area contributed by atoms with E-state index in [0.717, 1.165) is 30.7 Å². The van der Waals surface area contributed by atoms with Gasteiger partial charge in [-0.25, -0.2) is 0 Å². The fourth-order valence-electron chi connectivity index (χ4n) is 3.61. The minimum Gasteiger partial charge on any atom is -0.381 e. The second-order valence-electron chi connectivity index (χ2n) is 5.61. The Morgan fingerprint density at radius 3 is 2.41 bits per heavy atom. The molecule has 2 bridgehead atoms. The molecule has 2 fully saturated rings. The van der Waals surface area contributed by atoms with E-state index in [9.17, 15) is 9.90 Å². The molecular weight excluding hydrogens is 212 g/mol. The molecule has 2 aliphatic rings. The van der Waals surface area contributed by atoms with Crippen LogP contribution in [0.4, 0.5) is 0 Å². The molecule has 2 nitrogen and oxygen atoms in total. The SMILES string of the molecule is O=C(C(O)c1ccccc1)[C@]12CC[C@H](CC1)C2. The molecule has 0 radical (unpaired) electrons. The number of benzene rings is 1. The third kappa shape index (κ3) is 1.71. The topological polar surface area (TPSA) is 37.3 Å². The summed E-state index contributed by atoms with van der Waals surface area (Å²) in [6.45, 7) is 0. The average Bonchev–Trinajstić information content (AvgIpc) is 2.99. The lowest BCUT2D eigenvalue weighted by atomic mass is 9.77. The number of fused-ring (bicyclic) bond motifs is 2. The normalized spacial score (nSPS) is 32.6. The number of aliphatic hydroxyl groups is 1. The van der Waals surface area contributed by atoms with E-state index in [4.69, 9.17) is 0 Å². The first-order valence-electron chi connectivity index (χ1n) is 6.49. The average molecular weight is 230 g/mol. The van der Waals surface area contributed by atoms with Gasteiger partial charge in [0, 0.05) is 5.41 Å². The number of rotatable bonds is 3. The summed E-state index contributed by atoms with van der Waals surface area (Å²) in [6, 6.07) is 9.31. The summed E-state index contributed by atoms with van der Waals surface area (Å²) in [5.41, 5.74) is 0.544. The van der Waals surface area contributed by atoms with Crippen LogP contribution >= 0.6 is 0 Å². The highest BCUT2D eigenvalue weighted by Gasteiger charge is 2.51. The molecule has 0 aromatic heterocycles. The molecule has 0 spiro atoms. The van der Waals surface area contributed by atoms with Gasteiger partial charge in [-0.3, -0.25) is 4.79 Å². The first-order valence-corrected chi connectivity index (χ1v) is 6.49. The first kappa shape index (κ1) is 11.0. The Kier molecular flexibility index (Phi) is 2.55. The van der Waals surface area contributed by atoms with Crippen LogP contribution in [0, 0.1) is 11.3 Å². The van der Waals surface area contributed by atoms with Gasteiger partial charge in [0.05, 0.1) is 0 Å². The zero-order valence-electron chi connectivity index (χ0n) is 9.93. The van der Waals surface area contributed by atoms with Gasteiger partial charge in [0.2, 0.25) is 0 Å². The molecule has 2 heteroatoms. The summed E-state index contributed by atoms with van der Waals surface area (Å²) >= 11 is 0. The predicted molar refractivity (Wildman–Crippen MR) is 65.4 cm³/mol. The fraction of sp³-hybridized carbons (Fsp3) is 0.533. The molecule has 1 aromatic rings. The Morgan fingerprint density at radius 2 is 1.88 bits per heavy atom. The Balaban J connectivity index is 1.83. The van der Waals surface area contributed by atoms with E-state index in [1.807, 2.05) is 30.3 Å². The molecule has 1 atom stereocenters. The Hall–Kier alpha value is -1.15. The largest absolute Gasteiger partial charge is 0.381 e. The van der Waals surface area contributed by atoms with Gasteiger partial charge >= 0.3 is 0 Å². The van der Waals surface area contributed by atoms with E-state index in [0.29, 0.717) is 0 Å². The third-order valence-electron chi connectivity index (χ3n) is 4.63. The zero-order chi connectivity index (χ0) is 11.9. The van der Waals surface area contributed by atoms with Crippen molar-refractivity contribution < 1.29 is 9.90 Å². The maximum absolute atomic E-state index is 12.5. The number of ketones is 1. The van der Waals surface area contributed by atoms with Gasteiger partial charge in [-0.05, 0) is 43.6 Å². The Labute approximate surface area is 102 Å². The predicted octanol–water partition coefficient (Wildman–Crippen LogP) is 2.87. The summed E-state index contributed by atoms with van der Waals surface area (Å²) in [5.74, 6) is 0.797. The quantitative estimate of drug-likeness (QED) is 0.867. The van der Waals surface area contributed by atoms with Crippen molar-refractivity contribution in [2.75, 3.05) is 0 Å². The lowest BCUT2D eigenvalue weighted by Gasteiger charge is -2.27. The molecule has 0 saturated heterocycles. The van der Waals surface area contributed by atoms with Crippen molar-refractivity contribution in [2.24, 2.45) is 11.3 Å². The number of carbonyl (C=O) groups is 1. The van der Waals surface area contributed by atoms with Crippen LogP contribution in [0.3, 0.4) is 0 Å². The van der Waals surface area contributed by atoms with Crippen molar-refractivity contribution in [1.82, 2.24) is 0 Å². The molecule has 0 aliphatic heterocycles. The van der Waals surface area contributed by atoms with Crippen molar-refractivity contribution in [2.45, 2.75) is 38.2 Å². The monoisotopic (exact) mass is 230 g/mol. The number of carbonyl (C=O) groups excluding carboxylic acids is 1. The van der Waals surface area contributed by atoms with Crippen LogP contribution in [0.1, 0.15) is 43.8 Å². The lowest BCUT2D eigenvalue weighted by Crippen LogP contribution is -2.31. The standard InChI is InChI=1S/C15H18O2/c16-13(12-4-2-1-3-5-12)14(17)15-8-6-11(10-15)7-9-15/h1-5,11,13,16H,6-10H2/t11-,13?,15-. The van der Waals surface area contributed by atoms with E-state index in [1.54, 1.807) is 0 Å². The number of hydrogen-bond acceptors (Lipinski definition) is 2. The maximum atomic E-state index is 12.5. The van der Waals surface area contributed by atoms with Gasteiger partial charge in [-0.15, -0.1) is 0 Å². The molecule has 17 heavy (non-hydrogen) atoms. The molecule has 0 amide bonds. The van der Waals surface area contributed by atoms with Crippen LogP contribution in [0.15, 0.2) is 30.3 Å². The van der Waals surface area contributed by atoms with Crippen LogP contribution in [0.25, 0.3) is 0 Å². The second-order valence-corrected chi connectivity index (χ2v) is 5.61. The smallest absolute Gasteiger partial charge is 0.171 e. The highest BCUT2D eigenvalue weighted by molar-refractivity contribution is 5.90. The van der Waals surface area contributed by atoms with Crippen LogP contribution in [-0.4, -0.2) is 10.9 Å². The minimum absolute atomic E-state index is 0.0590. The molecular formula is C15H18O2. The second kappa shape index (κ2) is 3.95. The van der Waals surface area contributed by atoms with E-state index in [-0.39, 0.29) is 11.2 Å². The van der Waals surface area contributed by atoms with Crippen LogP contribution < -0.4 is 0 Å². The zero-order valence-corrected chi connectivity index (χ0v) is 9.93. The third-order valence-corrected chi connectivity index (χ3v) is 4.63. The van der Waals surface area contributed by atoms with Crippen molar-refractivity contribution in [1.29, 1.82) is 0 Å². The van der Waals surface area contributed by atoms with Gasteiger partial charge in [0.1, 0.15) is 6.10 Å². The first-order chi connectivity index (χ1) is 8.21. The Bertz CT molecular complexity index is 416. The summed E-state index contributed by atoms with van der Waals surface area (Å²) in [6.07, 6.45) is 4.41. The summed E-state index contributed by atoms with van der Waals surface area (Å²) in [4.78, 5) is 12.5. The van der Waals surface area contributed by atoms with Crippen molar-refractivity contribution in [3.63, 3.8) is 0 Å². The van der Waals surface area contributed by atoms with E-state index in [2.05, 4.69) is 0 Å². The van der Waals surface area contributed by atoms with Crippen LogP contribution in [0.5, 0.6) is 0 Å². The minimum atomic E-state index is -0.923. The Morgan fingerprint density at radius 1 is 1.24 bits per heavy atom. The summed E-state index contributed by atoms with van der Waals surface area (Å²) < 4.78 is 0. The molecule has 2 aliphatic carbocycles. The highest BCUT2D eigenvalue weighted by Crippen LogP contribution is 2.55. The summed E-state index contributed by atoms with van der Waals surface area (Å²) in [5, 5.41) is 10.2. The van der Waals surface area contributed by atoms with E-state index >= 15 is 0 Å². The lowest BCUT2D eigenvalue weighted by molar-refractivity contribution is -0.137. The number of aliphatic hydroxyl groups excluding tert-OH is 1. The molecule has 2 saturated carbocycles. The van der Waals surface area contributed by atoms with Gasteiger partial charge in [-0.2, -0.15) is 0 Å². The van der Waals surface area contributed by atoms with Crippen molar-refractivity contribution in [3.05, 3.63) is 35.9 Å². The van der Waals surface area contributed by atoms with Crippen LogP contribution in [0.2, 0.25) is 0 Å². The number of hydrogen-bond donors (Lipinski definition) is 1. The number of Topliss-reactive ketones (excluding diaryl/α,β-unsaturated/α-hetero) is 1. The van der Waals surface area contributed by atoms with E-state index < -0.39 is 6.10 Å². The van der Waals surface area contributed by atoms with Gasteiger partial charge < -0.3 is 5.11 Å². The molecule has 90 valence electrons. The molecule has 1 unspecified atom stereocenters.